The molecule has 0 radical (unpaired) electrons. The summed E-state index contributed by atoms with van der Waals surface area (Å²) in [6.45, 7) is 7.82. The van der Waals surface area contributed by atoms with Crippen molar-refractivity contribution in [3.63, 3.8) is 0 Å². The molecule has 8 heteroatoms. The van der Waals surface area contributed by atoms with Crippen LogP contribution in [0, 0.1) is 13.8 Å². The van der Waals surface area contributed by atoms with Crippen LogP contribution >= 0.6 is 11.3 Å². The number of nitrogens with zero attached hydrogens (tertiary/aromatic N) is 7. The van der Waals surface area contributed by atoms with E-state index in [1.165, 1.54) is 4.70 Å². The number of rotatable bonds is 2. The molecule has 5 heterocycles. The quantitative estimate of drug-likeness (QED) is 0.544. The molecule has 1 aliphatic heterocycles. The van der Waals surface area contributed by atoms with E-state index < -0.39 is 0 Å². The van der Waals surface area contributed by atoms with Gasteiger partial charge in [-0.2, -0.15) is 0 Å². The number of thiazole rings is 1. The summed E-state index contributed by atoms with van der Waals surface area (Å²) >= 11 is 1.74. The van der Waals surface area contributed by atoms with Crippen LogP contribution in [0.4, 0.5) is 10.9 Å². The Kier molecular flexibility index (Phi) is 3.53. The van der Waals surface area contributed by atoms with Crippen molar-refractivity contribution in [3.8, 4) is 0 Å². The topological polar surface area (TPSA) is 62.5 Å². The zero-order chi connectivity index (χ0) is 17.7. The third-order valence-corrected chi connectivity index (χ3v) is 6.07. The van der Waals surface area contributed by atoms with E-state index in [4.69, 9.17) is 10.1 Å². The van der Waals surface area contributed by atoms with Crippen molar-refractivity contribution in [1.29, 1.82) is 0 Å². The fourth-order valence-electron chi connectivity index (χ4n) is 3.34. The summed E-state index contributed by atoms with van der Waals surface area (Å²) in [4.78, 5) is 18.1. The Morgan fingerprint density at radius 3 is 2.58 bits per heavy atom. The Morgan fingerprint density at radius 2 is 1.77 bits per heavy atom. The minimum absolute atomic E-state index is 0.908. The summed E-state index contributed by atoms with van der Waals surface area (Å²) in [6.07, 6.45) is 3.66. The summed E-state index contributed by atoms with van der Waals surface area (Å²) in [7, 11) is 0. The van der Waals surface area contributed by atoms with Gasteiger partial charge in [-0.05, 0) is 32.0 Å². The molecule has 0 N–H and O–H groups in total. The highest BCUT2D eigenvalue weighted by molar-refractivity contribution is 7.22. The van der Waals surface area contributed by atoms with Gasteiger partial charge in [0.1, 0.15) is 11.3 Å². The molecule has 0 saturated carbocycles. The van der Waals surface area contributed by atoms with Crippen LogP contribution in [0.25, 0.3) is 15.9 Å². The van der Waals surface area contributed by atoms with Crippen LogP contribution in [-0.2, 0) is 0 Å². The van der Waals surface area contributed by atoms with Gasteiger partial charge in [0.05, 0.1) is 22.3 Å². The molecule has 0 aliphatic carbocycles. The van der Waals surface area contributed by atoms with E-state index in [9.17, 15) is 0 Å². The molecule has 1 saturated heterocycles. The van der Waals surface area contributed by atoms with Crippen LogP contribution in [0.2, 0.25) is 0 Å². The summed E-state index contributed by atoms with van der Waals surface area (Å²) in [5.41, 5.74) is 4.02. The normalized spacial score (nSPS) is 15.3. The molecule has 0 bridgehead atoms. The molecular formula is C18H19N7S. The highest BCUT2D eigenvalue weighted by atomic mass is 32.1. The van der Waals surface area contributed by atoms with Gasteiger partial charge in [0.25, 0.3) is 0 Å². The van der Waals surface area contributed by atoms with Gasteiger partial charge >= 0.3 is 0 Å². The lowest BCUT2D eigenvalue weighted by Crippen LogP contribution is -2.46. The van der Waals surface area contributed by atoms with E-state index in [0.717, 1.165) is 59.7 Å². The van der Waals surface area contributed by atoms with Gasteiger partial charge in [-0.25, -0.2) is 14.5 Å². The van der Waals surface area contributed by atoms with Crippen LogP contribution in [0.3, 0.4) is 0 Å². The van der Waals surface area contributed by atoms with Crippen molar-refractivity contribution in [3.05, 3.63) is 42.0 Å². The number of fused-ring (bicyclic) bond motifs is 2. The summed E-state index contributed by atoms with van der Waals surface area (Å²) in [6, 6.07) is 6.15. The van der Waals surface area contributed by atoms with E-state index in [-0.39, 0.29) is 0 Å². The monoisotopic (exact) mass is 365 g/mol. The minimum atomic E-state index is 0.908. The SMILES string of the molecule is Cc1nc2ccc(N3CCN(c4nc5cnccc5s4)CC3)nn2c1C. The molecule has 1 fully saturated rings. The fourth-order valence-corrected chi connectivity index (χ4v) is 4.33. The van der Waals surface area contributed by atoms with Gasteiger partial charge in [-0.3, -0.25) is 4.98 Å². The number of imidazole rings is 1. The Balaban J connectivity index is 1.36. The molecule has 0 atom stereocenters. The van der Waals surface area contributed by atoms with E-state index in [1.54, 1.807) is 11.3 Å². The molecule has 5 rings (SSSR count). The molecule has 1 aliphatic rings. The number of aryl methyl sites for hydroxylation is 2. The molecule has 26 heavy (non-hydrogen) atoms. The van der Waals surface area contributed by atoms with E-state index in [0.29, 0.717) is 0 Å². The van der Waals surface area contributed by atoms with E-state index in [2.05, 4.69) is 38.8 Å². The second kappa shape index (κ2) is 5.91. The standard InChI is InChI=1S/C18H19N7S/c1-12-13(2)25-16(20-12)3-4-17(22-25)23-7-9-24(10-8-23)18-21-14-11-19-6-5-15(14)26-18/h3-6,11H,7-10H2,1-2H3. The third-order valence-electron chi connectivity index (χ3n) is 4.98. The third kappa shape index (κ3) is 2.48. The predicted molar refractivity (Wildman–Crippen MR) is 104 cm³/mol. The molecule has 7 nitrogen and oxygen atoms in total. The first kappa shape index (κ1) is 15.5. The maximum atomic E-state index is 4.79. The Hall–Kier alpha value is -2.74. The molecule has 132 valence electrons. The summed E-state index contributed by atoms with van der Waals surface area (Å²) < 4.78 is 3.13. The zero-order valence-corrected chi connectivity index (χ0v) is 15.6. The van der Waals surface area contributed by atoms with Crippen molar-refractivity contribution in [1.82, 2.24) is 24.6 Å². The lowest BCUT2D eigenvalue weighted by atomic mass is 10.3. The summed E-state index contributed by atoms with van der Waals surface area (Å²) in [5, 5.41) is 5.87. The number of hydrogen-bond acceptors (Lipinski definition) is 7. The lowest BCUT2D eigenvalue weighted by molar-refractivity contribution is 0.640. The van der Waals surface area contributed by atoms with Crippen LogP contribution in [0.5, 0.6) is 0 Å². The first-order valence-corrected chi connectivity index (χ1v) is 9.54. The maximum absolute atomic E-state index is 4.79. The number of aromatic nitrogens is 5. The zero-order valence-electron chi connectivity index (χ0n) is 14.8. The minimum Gasteiger partial charge on any atom is -0.352 e. The lowest BCUT2D eigenvalue weighted by Gasteiger charge is -2.35. The molecule has 0 spiro atoms. The van der Waals surface area contributed by atoms with Crippen molar-refractivity contribution in [2.24, 2.45) is 0 Å². The van der Waals surface area contributed by atoms with Gasteiger partial charge in [0.15, 0.2) is 10.8 Å². The number of piperazine rings is 1. The van der Waals surface area contributed by atoms with E-state index >= 15 is 0 Å². The Morgan fingerprint density at radius 1 is 0.962 bits per heavy atom. The van der Waals surface area contributed by atoms with E-state index in [1.807, 2.05) is 29.9 Å². The highest BCUT2D eigenvalue weighted by Gasteiger charge is 2.21. The van der Waals surface area contributed by atoms with Gasteiger partial charge in [0, 0.05) is 32.4 Å². The van der Waals surface area contributed by atoms with Crippen molar-refractivity contribution >= 4 is 38.2 Å². The smallest absolute Gasteiger partial charge is 0.186 e. The predicted octanol–water partition coefficient (Wildman–Crippen LogP) is 2.68. The Bertz CT molecular complexity index is 1060. The number of anilines is 2. The van der Waals surface area contributed by atoms with Crippen molar-refractivity contribution in [2.45, 2.75) is 13.8 Å². The average Bonchev–Trinajstić information content (AvgIpc) is 3.23. The maximum Gasteiger partial charge on any atom is 0.186 e. The Labute approximate surface area is 154 Å². The van der Waals surface area contributed by atoms with Gasteiger partial charge in [0.2, 0.25) is 0 Å². The molecule has 4 aromatic heterocycles. The molecule has 4 aromatic rings. The molecular weight excluding hydrogens is 346 g/mol. The van der Waals surface area contributed by atoms with Crippen LogP contribution < -0.4 is 9.80 Å². The van der Waals surface area contributed by atoms with Gasteiger partial charge < -0.3 is 9.80 Å². The number of pyridine rings is 1. The van der Waals surface area contributed by atoms with Crippen LogP contribution in [0.1, 0.15) is 11.4 Å². The first-order chi connectivity index (χ1) is 12.7. The van der Waals surface area contributed by atoms with Crippen LogP contribution in [-0.4, -0.2) is 50.7 Å². The molecule has 0 aromatic carbocycles. The highest BCUT2D eigenvalue weighted by Crippen LogP contribution is 2.29. The van der Waals surface area contributed by atoms with Gasteiger partial charge in [-0.15, -0.1) is 5.10 Å². The largest absolute Gasteiger partial charge is 0.352 e. The number of hydrogen-bond donors (Lipinski definition) is 0. The first-order valence-electron chi connectivity index (χ1n) is 8.72. The average molecular weight is 365 g/mol. The second-order valence-corrected chi connectivity index (χ2v) is 7.57. The second-order valence-electron chi connectivity index (χ2n) is 6.56. The fraction of sp³-hybridized carbons (Fsp3) is 0.333. The van der Waals surface area contributed by atoms with Crippen molar-refractivity contribution < 1.29 is 0 Å². The van der Waals surface area contributed by atoms with Gasteiger partial charge in [-0.1, -0.05) is 11.3 Å². The molecule has 0 amide bonds. The van der Waals surface area contributed by atoms with Crippen molar-refractivity contribution in [2.75, 3.05) is 36.0 Å². The molecule has 0 unspecified atom stereocenters. The van der Waals surface area contributed by atoms with Crippen LogP contribution in [0.15, 0.2) is 30.6 Å². The summed E-state index contributed by atoms with van der Waals surface area (Å²) in [5.74, 6) is 1.01.